The minimum Gasteiger partial charge on any atom is -0.347 e. The first-order chi connectivity index (χ1) is 12.7. The molecule has 4 heterocycles. The smallest absolute Gasteiger partial charge is 0.222 e. The van der Waals surface area contributed by atoms with Crippen molar-refractivity contribution in [1.82, 2.24) is 24.8 Å². The van der Waals surface area contributed by atoms with Crippen molar-refractivity contribution in [1.29, 1.82) is 0 Å². The molecule has 2 aliphatic rings. The molecular formula is C20H27N5O. The summed E-state index contributed by atoms with van der Waals surface area (Å²) < 4.78 is 0. The maximum absolute atomic E-state index is 12.5. The van der Waals surface area contributed by atoms with Gasteiger partial charge in [0.15, 0.2) is 0 Å². The lowest BCUT2D eigenvalue weighted by Crippen LogP contribution is -2.54. The van der Waals surface area contributed by atoms with Crippen molar-refractivity contribution >= 4 is 5.91 Å². The van der Waals surface area contributed by atoms with Crippen LogP contribution in [0, 0.1) is 5.41 Å². The molecule has 6 nitrogen and oxygen atoms in total. The molecule has 0 aliphatic carbocycles. The van der Waals surface area contributed by atoms with Gasteiger partial charge in [-0.3, -0.25) is 14.7 Å². The lowest BCUT2D eigenvalue weighted by molar-refractivity contribution is -0.139. The van der Waals surface area contributed by atoms with E-state index in [1.807, 2.05) is 30.6 Å². The number of piperidine rings is 2. The lowest BCUT2D eigenvalue weighted by Gasteiger charge is -2.48. The number of nitrogens with one attached hydrogen (secondary N) is 1. The summed E-state index contributed by atoms with van der Waals surface area (Å²) in [4.78, 5) is 28.8. The Morgan fingerprint density at radius 1 is 1.23 bits per heavy atom. The van der Waals surface area contributed by atoms with Gasteiger partial charge in [-0.05, 0) is 37.9 Å². The second-order valence-corrected chi connectivity index (χ2v) is 7.78. The minimum absolute atomic E-state index is 0.246. The zero-order valence-electron chi connectivity index (χ0n) is 15.2. The molecule has 2 saturated heterocycles. The number of imidazole rings is 1. The molecule has 0 saturated carbocycles. The SMILES string of the molecule is O=C1CCC2(CCCN(Cc3cnc[nH]3)C2)CN1CCc1ccccn1. The van der Waals surface area contributed by atoms with Gasteiger partial charge in [-0.25, -0.2) is 4.98 Å². The van der Waals surface area contributed by atoms with Crippen molar-refractivity contribution in [2.75, 3.05) is 26.2 Å². The summed E-state index contributed by atoms with van der Waals surface area (Å²) in [6.45, 7) is 4.78. The van der Waals surface area contributed by atoms with Crippen LogP contribution in [0.2, 0.25) is 0 Å². The number of H-pyrrole nitrogens is 1. The summed E-state index contributed by atoms with van der Waals surface area (Å²) in [5.41, 5.74) is 2.47. The number of carbonyl (C=O) groups excluding carboxylic acids is 1. The van der Waals surface area contributed by atoms with Crippen molar-refractivity contribution in [3.05, 3.63) is 48.3 Å². The van der Waals surface area contributed by atoms with Gasteiger partial charge in [-0.15, -0.1) is 0 Å². The molecule has 1 N–H and O–H groups in total. The maximum Gasteiger partial charge on any atom is 0.222 e. The predicted octanol–water partition coefficient (Wildman–Crippen LogP) is 2.25. The molecule has 1 atom stereocenters. The number of hydrogen-bond acceptors (Lipinski definition) is 4. The fourth-order valence-corrected chi connectivity index (χ4v) is 4.49. The van der Waals surface area contributed by atoms with E-state index >= 15 is 0 Å². The van der Waals surface area contributed by atoms with Crippen LogP contribution >= 0.6 is 0 Å². The Balaban J connectivity index is 1.38. The second kappa shape index (κ2) is 7.58. The van der Waals surface area contributed by atoms with Gasteiger partial charge in [0.25, 0.3) is 0 Å². The van der Waals surface area contributed by atoms with Crippen LogP contribution in [0.4, 0.5) is 0 Å². The summed E-state index contributed by atoms with van der Waals surface area (Å²) in [5, 5.41) is 0. The van der Waals surface area contributed by atoms with Gasteiger partial charge in [0.1, 0.15) is 0 Å². The number of pyridine rings is 1. The molecule has 1 amide bonds. The number of carbonyl (C=O) groups is 1. The highest BCUT2D eigenvalue weighted by Crippen LogP contribution is 2.39. The molecule has 2 aliphatic heterocycles. The van der Waals surface area contributed by atoms with Crippen LogP contribution in [0.15, 0.2) is 36.9 Å². The standard InChI is InChI=1S/C20H27N5O/c26-19-5-8-20(15-25(19)11-6-17-4-1-2-9-22-17)7-3-10-24(14-20)13-18-12-21-16-23-18/h1-2,4,9,12,16H,3,5-8,10-11,13-15H2,(H,21,23). The molecule has 1 unspecified atom stereocenters. The lowest BCUT2D eigenvalue weighted by atomic mass is 9.73. The third kappa shape index (κ3) is 3.96. The number of nitrogens with zero attached hydrogens (tertiary/aromatic N) is 4. The van der Waals surface area contributed by atoms with Crippen LogP contribution in [0.25, 0.3) is 0 Å². The summed E-state index contributed by atoms with van der Waals surface area (Å²) in [5.74, 6) is 0.303. The van der Waals surface area contributed by atoms with Gasteiger partial charge < -0.3 is 9.88 Å². The number of aromatic nitrogens is 3. The van der Waals surface area contributed by atoms with E-state index in [-0.39, 0.29) is 5.41 Å². The average Bonchev–Trinajstić information content (AvgIpc) is 3.17. The summed E-state index contributed by atoms with van der Waals surface area (Å²) in [6.07, 6.45) is 10.4. The molecule has 4 rings (SSSR count). The van der Waals surface area contributed by atoms with Gasteiger partial charge in [0, 0.05) is 68.2 Å². The van der Waals surface area contributed by atoms with Gasteiger partial charge in [0.2, 0.25) is 5.91 Å². The number of hydrogen-bond donors (Lipinski definition) is 1. The van der Waals surface area contributed by atoms with Crippen molar-refractivity contribution < 1.29 is 4.79 Å². The monoisotopic (exact) mass is 353 g/mol. The highest BCUT2D eigenvalue weighted by atomic mass is 16.2. The Morgan fingerprint density at radius 3 is 3.00 bits per heavy atom. The normalized spacial score (nSPS) is 24.3. The quantitative estimate of drug-likeness (QED) is 0.895. The zero-order valence-corrected chi connectivity index (χ0v) is 15.2. The van der Waals surface area contributed by atoms with E-state index in [1.165, 1.54) is 18.5 Å². The van der Waals surface area contributed by atoms with Gasteiger partial charge in [-0.1, -0.05) is 6.07 Å². The van der Waals surface area contributed by atoms with Crippen molar-refractivity contribution in [2.45, 2.75) is 38.6 Å². The summed E-state index contributed by atoms with van der Waals surface area (Å²) in [6, 6.07) is 5.98. The van der Waals surface area contributed by atoms with E-state index in [4.69, 9.17) is 0 Å². The molecule has 2 fully saturated rings. The topological polar surface area (TPSA) is 65.1 Å². The second-order valence-electron chi connectivity index (χ2n) is 7.78. The minimum atomic E-state index is 0.246. The van der Waals surface area contributed by atoms with Crippen molar-refractivity contribution in [3.8, 4) is 0 Å². The van der Waals surface area contributed by atoms with Crippen LogP contribution in [0.5, 0.6) is 0 Å². The Hall–Kier alpha value is -2.21. The molecule has 26 heavy (non-hydrogen) atoms. The fraction of sp³-hybridized carbons (Fsp3) is 0.550. The van der Waals surface area contributed by atoms with E-state index in [1.54, 1.807) is 6.33 Å². The third-order valence-corrected chi connectivity index (χ3v) is 5.80. The first-order valence-corrected chi connectivity index (χ1v) is 9.60. The van der Waals surface area contributed by atoms with E-state index in [0.29, 0.717) is 12.3 Å². The molecule has 6 heteroatoms. The van der Waals surface area contributed by atoms with Crippen molar-refractivity contribution in [2.24, 2.45) is 5.41 Å². The van der Waals surface area contributed by atoms with Crippen molar-refractivity contribution in [3.63, 3.8) is 0 Å². The van der Waals surface area contributed by atoms with Gasteiger partial charge in [-0.2, -0.15) is 0 Å². The number of rotatable bonds is 5. The van der Waals surface area contributed by atoms with Crippen LogP contribution in [0.1, 0.15) is 37.1 Å². The Labute approximate surface area is 154 Å². The van der Waals surface area contributed by atoms with Crippen LogP contribution in [-0.4, -0.2) is 56.8 Å². The van der Waals surface area contributed by atoms with Crippen LogP contribution in [0.3, 0.4) is 0 Å². The van der Waals surface area contributed by atoms with Gasteiger partial charge in [0.05, 0.1) is 6.33 Å². The van der Waals surface area contributed by atoms with Gasteiger partial charge >= 0.3 is 0 Å². The van der Waals surface area contributed by atoms with E-state index in [9.17, 15) is 4.79 Å². The number of aromatic amines is 1. The highest BCUT2D eigenvalue weighted by Gasteiger charge is 2.41. The Bertz CT molecular complexity index is 717. The molecule has 0 bridgehead atoms. The third-order valence-electron chi connectivity index (χ3n) is 5.80. The zero-order chi connectivity index (χ0) is 17.8. The Morgan fingerprint density at radius 2 is 2.19 bits per heavy atom. The first-order valence-electron chi connectivity index (χ1n) is 9.60. The van der Waals surface area contributed by atoms with Crippen LogP contribution in [-0.2, 0) is 17.8 Å². The van der Waals surface area contributed by atoms with E-state index in [2.05, 4.69) is 24.8 Å². The molecule has 2 aromatic rings. The van der Waals surface area contributed by atoms with Crippen LogP contribution < -0.4 is 0 Å². The summed E-state index contributed by atoms with van der Waals surface area (Å²) in [7, 11) is 0. The fourth-order valence-electron chi connectivity index (χ4n) is 4.49. The molecular weight excluding hydrogens is 326 g/mol. The first kappa shape index (κ1) is 17.2. The number of amides is 1. The number of likely N-dealkylation sites (tertiary alicyclic amines) is 2. The molecule has 138 valence electrons. The average molecular weight is 353 g/mol. The summed E-state index contributed by atoms with van der Waals surface area (Å²) >= 11 is 0. The highest BCUT2D eigenvalue weighted by molar-refractivity contribution is 5.77. The molecule has 0 radical (unpaired) electrons. The largest absolute Gasteiger partial charge is 0.347 e. The van der Waals surface area contributed by atoms with E-state index < -0.39 is 0 Å². The van der Waals surface area contributed by atoms with E-state index in [0.717, 1.165) is 51.3 Å². The predicted molar refractivity (Wildman–Crippen MR) is 99.3 cm³/mol. The maximum atomic E-state index is 12.5. The Kier molecular flexibility index (Phi) is 5.02. The molecule has 1 spiro atoms. The molecule has 0 aromatic carbocycles. The molecule has 2 aromatic heterocycles.